The zero-order valence-electron chi connectivity index (χ0n) is 12.8. The Morgan fingerprint density at radius 3 is 2.68 bits per heavy atom. The first-order valence-electron chi connectivity index (χ1n) is 7.09. The maximum Gasteiger partial charge on any atom is 0.259 e. The van der Waals surface area contributed by atoms with Crippen molar-refractivity contribution in [1.29, 1.82) is 5.41 Å². The topological polar surface area (TPSA) is 75.1 Å². The molecule has 0 radical (unpaired) electrons. The largest absolute Gasteiger partial charge is 0.373 e. The van der Waals surface area contributed by atoms with E-state index in [9.17, 15) is 9.18 Å². The number of aromatic nitrogens is 1. The molecule has 1 aromatic carbocycles. The van der Waals surface area contributed by atoms with E-state index in [1.165, 1.54) is 24.3 Å². The van der Waals surface area contributed by atoms with Crippen LogP contribution < -0.4 is 5.32 Å². The molecule has 0 fully saturated rings. The van der Waals surface area contributed by atoms with Crippen molar-refractivity contribution in [2.24, 2.45) is 0 Å². The van der Waals surface area contributed by atoms with Crippen molar-refractivity contribution in [3.8, 4) is 0 Å². The van der Waals surface area contributed by atoms with Gasteiger partial charge in [-0.15, -0.1) is 0 Å². The van der Waals surface area contributed by atoms with Crippen LogP contribution >= 0.6 is 34.8 Å². The second kappa shape index (κ2) is 9.10. The highest BCUT2D eigenvalue weighted by molar-refractivity contribution is 6.35. The number of amides is 1. The van der Waals surface area contributed by atoms with Gasteiger partial charge >= 0.3 is 0 Å². The average Bonchev–Trinajstić information content (AvgIpc) is 2.54. The van der Waals surface area contributed by atoms with E-state index < -0.39 is 11.7 Å². The lowest BCUT2D eigenvalue weighted by atomic mass is 10.1. The lowest BCUT2D eigenvalue weighted by Crippen LogP contribution is -2.33. The second-order valence-corrected chi connectivity index (χ2v) is 6.11. The molecule has 1 aromatic heterocycles. The third-order valence-corrected chi connectivity index (χ3v) is 3.88. The first-order valence-corrected chi connectivity index (χ1v) is 8.22. The lowest BCUT2D eigenvalue weighted by Gasteiger charge is -2.09. The summed E-state index contributed by atoms with van der Waals surface area (Å²) in [6.07, 6.45) is 0.494. The normalized spacial score (nSPS) is 10.6. The molecule has 0 bridgehead atoms. The maximum atomic E-state index is 13.1. The van der Waals surface area contributed by atoms with Crippen LogP contribution in [0.2, 0.25) is 15.3 Å². The minimum absolute atomic E-state index is 0.0472. The molecule has 0 aliphatic heterocycles. The van der Waals surface area contributed by atoms with Crippen molar-refractivity contribution in [2.45, 2.75) is 6.42 Å². The first-order chi connectivity index (χ1) is 11.9. The zero-order chi connectivity index (χ0) is 18.4. The van der Waals surface area contributed by atoms with Crippen LogP contribution in [0.5, 0.6) is 0 Å². The molecule has 2 rings (SSSR count). The molecular weight excluding hydrogens is 392 g/mol. The summed E-state index contributed by atoms with van der Waals surface area (Å²) < 4.78 is 18.4. The molecule has 0 spiro atoms. The van der Waals surface area contributed by atoms with Crippen LogP contribution in [0, 0.1) is 11.2 Å². The van der Waals surface area contributed by atoms with Crippen molar-refractivity contribution >= 4 is 46.5 Å². The highest BCUT2D eigenvalue weighted by Gasteiger charge is 2.13. The molecule has 0 saturated heterocycles. The number of benzene rings is 1. The average molecular weight is 405 g/mol. The fourth-order valence-electron chi connectivity index (χ4n) is 1.88. The fourth-order valence-corrected chi connectivity index (χ4v) is 2.52. The number of ether oxygens (including phenoxy) is 1. The van der Waals surface area contributed by atoms with Crippen LogP contribution in [0.25, 0.3) is 0 Å². The standard InChI is InChI=1S/C16H13Cl3FN3O2/c17-11-7-9(1-3-12(11)20)5-6-25-8-14(21)23-16(24)10-2-4-13(18)22-15(10)19/h1-4,7H,5-6,8H2,(H2,21,23,24). The number of pyridine rings is 1. The van der Waals surface area contributed by atoms with Crippen molar-refractivity contribution in [3.05, 3.63) is 62.6 Å². The molecule has 5 nitrogen and oxygen atoms in total. The summed E-state index contributed by atoms with van der Waals surface area (Å²) in [7, 11) is 0. The molecule has 132 valence electrons. The third-order valence-electron chi connectivity index (χ3n) is 3.09. The molecular formula is C16H13Cl3FN3O2. The number of carbonyl (C=O) groups excluding carboxylic acids is 1. The quantitative estimate of drug-likeness (QED) is 0.329. The highest BCUT2D eigenvalue weighted by atomic mass is 35.5. The molecule has 0 aliphatic rings. The Kier molecular flexibility index (Phi) is 7.13. The van der Waals surface area contributed by atoms with Crippen LogP contribution in [-0.2, 0) is 11.2 Å². The Hall–Kier alpha value is -1.73. The van der Waals surface area contributed by atoms with Gasteiger partial charge in [0.2, 0.25) is 0 Å². The summed E-state index contributed by atoms with van der Waals surface area (Å²) in [5.74, 6) is -1.19. The van der Waals surface area contributed by atoms with Crippen LogP contribution in [0.1, 0.15) is 15.9 Å². The number of carbonyl (C=O) groups is 1. The number of halogens is 4. The second-order valence-electron chi connectivity index (χ2n) is 4.96. The van der Waals surface area contributed by atoms with E-state index in [1.54, 1.807) is 6.07 Å². The van der Waals surface area contributed by atoms with Gasteiger partial charge in [-0.2, -0.15) is 0 Å². The highest BCUT2D eigenvalue weighted by Crippen LogP contribution is 2.17. The Labute approximate surface area is 158 Å². The van der Waals surface area contributed by atoms with E-state index >= 15 is 0 Å². The molecule has 0 atom stereocenters. The summed E-state index contributed by atoms with van der Waals surface area (Å²) in [5.41, 5.74) is 0.915. The molecule has 1 amide bonds. The molecule has 2 aromatic rings. The summed E-state index contributed by atoms with van der Waals surface area (Å²) in [6.45, 7) is 0.183. The minimum Gasteiger partial charge on any atom is -0.373 e. The Balaban J connectivity index is 1.76. The van der Waals surface area contributed by atoms with Crippen molar-refractivity contribution < 1.29 is 13.9 Å². The predicted octanol–water partition coefficient (Wildman–Crippen LogP) is 4.15. The van der Waals surface area contributed by atoms with Gasteiger partial charge in [-0.25, -0.2) is 9.37 Å². The van der Waals surface area contributed by atoms with Crippen LogP contribution in [0.4, 0.5) is 4.39 Å². The molecule has 0 saturated carbocycles. The number of nitrogens with one attached hydrogen (secondary N) is 2. The van der Waals surface area contributed by atoms with E-state index in [0.29, 0.717) is 6.42 Å². The van der Waals surface area contributed by atoms with E-state index in [-0.39, 0.29) is 39.9 Å². The maximum absolute atomic E-state index is 13.1. The van der Waals surface area contributed by atoms with Crippen molar-refractivity contribution in [1.82, 2.24) is 10.3 Å². The minimum atomic E-state index is -0.576. The van der Waals surface area contributed by atoms with Gasteiger partial charge in [0.1, 0.15) is 28.6 Å². The van der Waals surface area contributed by atoms with Crippen LogP contribution in [0.15, 0.2) is 30.3 Å². The first kappa shape index (κ1) is 19.6. The van der Waals surface area contributed by atoms with Gasteiger partial charge in [-0.3, -0.25) is 10.2 Å². The number of hydrogen-bond acceptors (Lipinski definition) is 4. The van der Waals surface area contributed by atoms with Gasteiger partial charge in [0.15, 0.2) is 0 Å². The summed E-state index contributed by atoms with van der Waals surface area (Å²) >= 11 is 17.2. The third kappa shape index (κ3) is 5.93. The Morgan fingerprint density at radius 2 is 2.00 bits per heavy atom. The number of rotatable bonds is 6. The van der Waals surface area contributed by atoms with E-state index in [4.69, 9.17) is 44.9 Å². The van der Waals surface area contributed by atoms with E-state index in [1.807, 2.05) is 0 Å². The predicted molar refractivity (Wildman–Crippen MR) is 95.4 cm³/mol. The SMILES string of the molecule is N=C(COCCc1ccc(F)c(Cl)c1)NC(=O)c1ccc(Cl)nc1Cl. The molecule has 2 N–H and O–H groups in total. The molecule has 9 heteroatoms. The molecule has 25 heavy (non-hydrogen) atoms. The number of nitrogens with zero attached hydrogens (tertiary/aromatic N) is 1. The van der Waals surface area contributed by atoms with Gasteiger partial charge < -0.3 is 10.1 Å². The number of amidine groups is 1. The van der Waals surface area contributed by atoms with Crippen molar-refractivity contribution in [2.75, 3.05) is 13.2 Å². The zero-order valence-corrected chi connectivity index (χ0v) is 15.1. The van der Waals surface area contributed by atoms with Gasteiger partial charge in [-0.1, -0.05) is 40.9 Å². The molecule has 1 heterocycles. The van der Waals surface area contributed by atoms with E-state index in [2.05, 4.69) is 10.3 Å². The van der Waals surface area contributed by atoms with Crippen molar-refractivity contribution in [3.63, 3.8) is 0 Å². The van der Waals surface area contributed by atoms with Gasteiger partial charge in [0.25, 0.3) is 5.91 Å². The summed E-state index contributed by atoms with van der Waals surface area (Å²) in [4.78, 5) is 15.7. The molecule has 0 unspecified atom stereocenters. The molecule has 0 aliphatic carbocycles. The van der Waals surface area contributed by atoms with Crippen LogP contribution in [-0.4, -0.2) is 29.9 Å². The Morgan fingerprint density at radius 1 is 1.24 bits per heavy atom. The lowest BCUT2D eigenvalue weighted by molar-refractivity contribution is 0.0970. The van der Waals surface area contributed by atoms with Crippen LogP contribution in [0.3, 0.4) is 0 Å². The van der Waals surface area contributed by atoms with Gasteiger partial charge in [0.05, 0.1) is 17.2 Å². The van der Waals surface area contributed by atoms with Gasteiger partial charge in [0, 0.05) is 0 Å². The monoisotopic (exact) mass is 403 g/mol. The number of hydrogen-bond donors (Lipinski definition) is 2. The van der Waals surface area contributed by atoms with Gasteiger partial charge in [-0.05, 0) is 36.2 Å². The summed E-state index contributed by atoms with van der Waals surface area (Å²) in [6, 6.07) is 7.25. The fraction of sp³-hybridized carbons (Fsp3) is 0.188. The Bertz CT molecular complexity index is 802. The smallest absolute Gasteiger partial charge is 0.259 e. The summed E-state index contributed by atoms with van der Waals surface area (Å²) in [5, 5.41) is 10.2. The van der Waals surface area contributed by atoms with E-state index in [0.717, 1.165) is 5.56 Å².